The molecule has 2 aliphatic heterocycles. The van der Waals surface area contributed by atoms with Crippen LogP contribution in [0.5, 0.6) is 11.5 Å². The maximum absolute atomic E-state index is 11.9. The van der Waals surface area contributed by atoms with Gasteiger partial charge in [0.05, 0.1) is 11.5 Å². The van der Waals surface area contributed by atoms with Gasteiger partial charge in [0, 0.05) is 37.2 Å². The molecule has 0 aromatic heterocycles. The van der Waals surface area contributed by atoms with E-state index >= 15 is 0 Å². The SMILES string of the molecule is C[C@H](C(=O)O)C1CN(C2=Nc3cc(Cl)ccc3Oc3ccccc32)CCN1CC1CC1. The lowest BCUT2D eigenvalue weighted by atomic mass is 9.96. The van der Waals surface area contributed by atoms with Crippen molar-refractivity contribution in [2.75, 3.05) is 26.2 Å². The molecule has 2 heterocycles. The molecule has 162 valence electrons. The van der Waals surface area contributed by atoms with Crippen LogP contribution in [0.15, 0.2) is 47.5 Å². The smallest absolute Gasteiger partial charge is 0.307 e. The van der Waals surface area contributed by atoms with Gasteiger partial charge < -0.3 is 14.7 Å². The first-order valence-electron chi connectivity index (χ1n) is 10.9. The molecule has 0 amide bonds. The number of piperazine rings is 1. The molecule has 2 atom stereocenters. The number of hydrogen-bond donors (Lipinski definition) is 1. The van der Waals surface area contributed by atoms with Crippen molar-refractivity contribution < 1.29 is 14.6 Å². The fraction of sp³-hybridized carbons (Fsp3) is 0.417. The molecule has 5 rings (SSSR count). The molecule has 2 aromatic rings. The number of amidine groups is 1. The zero-order chi connectivity index (χ0) is 21.5. The number of para-hydroxylation sites is 1. The van der Waals surface area contributed by atoms with E-state index in [0.717, 1.165) is 36.8 Å². The number of nitrogens with zero attached hydrogens (tertiary/aromatic N) is 3. The maximum atomic E-state index is 11.9. The normalized spacial score (nSPS) is 21.9. The molecule has 1 saturated carbocycles. The van der Waals surface area contributed by atoms with Gasteiger partial charge in [-0.3, -0.25) is 9.69 Å². The van der Waals surface area contributed by atoms with E-state index in [0.29, 0.717) is 28.9 Å². The number of hydrogen-bond acceptors (Lipinski definition) is 5. The molecular formula is C24H26ClN3O3. The Labute approximate surface area is 187 Å². The number of aliphatic carboxylic acids is 1. The van der Waals surface area contributed by atoms with Crippen LogP contribution < -0.4 is 4.74 Å². The highest BCUT2D eigenvalue weighted by molar-refractivity contribution is 6.31. The molecule has 6 nitrogen and oxygen atoms in total. The summed E-state index contributed by atoms with van der Waals surface area (Å²) >= 11 is 6.24. The Morgan fingerprint density at radius 1 is 1.23 bits per heavy atom. The van der Waals surface area contributed by atoms with Gasteiger partial charge in [0.2, 0.25) is 0 Å². The quantitative estimate of drug-likeness (QED) is 0.751. The summed E-state index contributed by atoms with van der Waals surface area (Å²) in [6.07, 6.45) is 2.51. The van der Waals surface area contributed by atoms with Crippen LogP contribution in [0, 0.1) is 11.8 Å². The summed E-state index contributed by atoms with van der Waals surface area (Å²) in [6.45, 7) is 5.03. The topological polar surface area (TPSA) is 65.4 Å². The van der Waals surface area contributed by atoms with Gasteiger partial charge in [0.1, 0.15) is 17.3 Å². The average Bonchev–Trinajstić information content (AvgIpc) is 3.59. The van der Waals surface area contributed by atoms with Crippen LogP contribution in [-0.2, 0) is 4.79 Å². The van der Waals surface area contributed by atoms with Gasteiger partial charge >= 0.3 is 5.97 Å². The minimum atomic E-state index is -0.753. The number of aliphatic imine (C=N–C) groups is 1. The molecule has 1 saturated heterocycles. The minimum Gasteiger partial charge on any atom is -0.481 e. The molecule has 3 aliphatic rings. The van der Waals surface area contributed by atoms with E-state index in [-0.39, 0.29) is 6.04 Å². The van der Waals surface area contributed by atoms with Crippen molar-refractivity contribution in [3.05, 3.63) is 53.1 Å². The van der Waals surface area contributed by atoms with Crippen LogP contribution in [-0.4, -0.2) is 58.9 Å². The van der Waals surface area contributed by atoms with Crippen molar-refractivity contribution in [2.24, 2.45) is 16.8 Å². The fourth-order valence-corrected chi connectivity index (χ4v) is 4.64. The predicted octanol–water partition coefficient (Wildman–Crippen LogP) is 4.64. The molecule has 0 bridgehead atoms. The zero-order valence-corrected chi connectivity index (χ0v) is 18.3. The van der Waals surface area contributed by atoms with Crippen molar-refractivity contribution >= 4 is 29.1 Å². The van der Waals surface area contributed by atoms with Crippen LogP contribution in [0.25, 0.3) is 0 Å². The van der Waals surface area contributed by atoms with E-state index in [1.807, 2.05) is 43.3 Å². The summed E-state index contributed by atoms with van der Waals surface area (Å²) in [5.41, 5.74) is 1.59. The number of ether oxygens (including phenoxy) is 1. The largest absolute Gasteiger partial charge is 0.481 e. The first-order valence-corrected chi connectivity index (χ1v) is 11.2. The van der Waals surface area contributed by atoms with E-state index < -0.39 is 11.9 Å². The molecule has 1 unspecified atom stereocenters. The molecule has 7 heteroatoms. The van der Waals surface area contributed by atoms with E-state index in [1.54, 1.807) is 6.07 Å². The van der Waals surface area contributed by atoms with E-state index in [2.05, 4.69) is 9.80 Å². The molecule has 2 aromatic carbocycles. The number of carboxylic acid groups (broad SMARTS) is 1. The van der Waals surface area contributed by atoms with Gasteiger partial charge in [-0.05, 0) is 49.1 Å². The summed E-state index contributed by atoms with van der Waals surface area (Å²) in [4.78, 5) is 21.4. The lowest BCUT2D eigenvalue weighted by molar-refractivity contribution is -0.144. The Hall–Kier alpha value is -2.57. The molecule has 1 aliphatic carbocycles. The first-order chi connectivity index (χ1) is 15.0. The highest BCUT2D eigenvalue weighted by Gasteiger charge is 2.38. The van der Waals surface area contributed by atoms with Crippen molar-refractivity contribution in [2.45, 2.75) is 25.8 Å². The standard InChI is InChI=1S/C24H26ClN3O3/c1-15(24(29)30)20-14-28(11-10-27(20)13-16-6-7-16)23-18-4-2-3-5-21(18)31-22-9-8-17(25)12-19(22)26-23/h2-5,8-9,12,15-16,20H,6-7,10-11,13-14H2,1H3,(H,29,30)/t15-,20?/m0/s1. The van der Waals surface area contributed by atoms with Gasteiger partial charge in [-0.15, -0.1) is 0 Å². The van der Waals surface area contributed by atoms with Gasteiger partial charge in [-0.2, -0.15) is 0 Å². The van der Waals surface area contributed by atoms with E-state index in [4.69, 9.17) is 21.3 Å². The monoisotopic (exact) mass is 439 g/mol. The summed E-state index contributed by atoms with van der Waals surface area (Å²) in [5, 5.41) is 10.4. The molecule has 31 heavy (non-hydrogen) atoms. The summed E-state index contributed by atoms with van der Waals surface area (Å²) in [7, 11) is 0. The van der Waals surface area contributed by atoms with Gasteiger partial charge in [-0.25, -0.2) is 4.99 Å². The van der Waals surface area contributed by atoms with Crippen molar-refractivity contribution in [1.82, 2.24) is 9.80 Å². The van der Waals surface area contributed by atoms with Crippen molar-refractivity contribution in [3.63, 3.8) is 0 Å². The van der Waals surface area contributed by atoms with Crippen LogP contribution in [0.4, 0.5) is 5.69 Å². The van der Waals surface area contributed by atoms with E-state index in [1.165, 1.54) is 12.8 Å². The van der Waals surface area contributed by atoms with Crippen molar-refractivity contribution in [1.29, 1.82) is 0 Å². The number of halogens is 1. The minimum absolute atomic E-state index is 0.0651. The summed E-state index contributed by atoms with van der Waals surface area (Å²) < 4.78 is 6.17. The Balaban J connectivity index is 1.52. The second-order valence-electron chi connectivity index (χ2n) is 8.72. The summed E-state index contributed by atoms with van der Waals surface area (Å²) in [5.74, 6) is 1.72. The molecule has 2 fully saturated rings. The molecule has 0 radical (unpaired) electrons. The third-order valence-electron chi connectivity index (χ3n) is 6.48. The number of rotatable bonds is 4. The number of carboxylic acids is 1. The van der Waals surface area contributed by atoms with Gasteiger partial charge in [0.25, 0.3) is 0 Å². The van der Waals surface area contributed by atoms with Crippen molar-refractivity contribution in [3.8, 4) is 11.5 Å². The van der Waals surface area contributed by atoms with Crippen LogP contribution in [0.2, 0.25) is 5.02 Å². The second-order valence-corrected chi connectivity index (χ2v) is 9.16. The van der Waals surface area contributed by atoms with Gasteiger partial charge in [-0.1, -0.05) is 30.7 Å². The van der Waals surface area contributed by atoms with Crippen LogP contribution in [0.3, 0.4) is 0 Å². The van der Waals surface area contributed by atoms with Crippen LogP contribution >= 0.6 is 11.6 Å². The Bertz CT molecular complexity index is 1040. The second kappa shape index (κ2) is 8.17. The highest BCUT2D eigenvalue weighted by Crippen LogP contribution is 2.40. The number of carbonyl (C=O) groups is 1. The van der Waals surface area contributed by atoms with Crippen LogP contribution in [0.1, 0.15) is 25.3 Å². The average molecular weight is 440 g/mol. The third kappa shape index (κ3) is 4.14. The Kier molecular flexibility index (Phi) is 5.36. The lowest BCUT2D eigenvalue weighted by Crippen LogP contribution is -2.58. The molecular weight excluding hydrogens is 414 g/mol. The Morgan fingerprint density at radius 3 is 2.81 bits per heavy atom. The number of fused-ring (bicyclic) bond motifs is 2. The zero-order valence-electron chi connectivity index (χ0n) is 17.5. The lowest BCUT2D eigenvalue weighted by Gasteiger charge is -2.44. The summed E-state index contributed by atoms with van der Waals surface area (Å²) in [6, 6.07) is 13.2. The first kappa shape index (κ1) is 20.3. The maximum Gasteiger partial charge on any atom is 0.307 e. The molecule has 1 N–H and O–H groups in total. The number of benzene rings is 2. The Morgan fingerprint density at radius 2 is 2.03 bits per heavy atom. The predicted molar refractivity (Wildman–Crippen MR) is 121 cm³/mol. The van der Waals surface area contributed by atoms with E-state index in [9.17, 15) is 9.90 Å². The van der Waals surface area contributed by atoms with Gasteiger partial charge in [0.15, 0.2) is 5.75 Å². The highest BCUT2D eigenvalue weighted by atomic mass is 35.5. The third-order valence-corrected chi connectivity index (χ3v) is 6.72. The molecule has 0 spiro atoms. The fourth-order valence-electron chi connectivity index (χ4n) is 4.48.